The summed E-state index contributed by atoms with van der Waals surface area (Å²) in [6.07, 6.45) is 0.806. The number of hydrogen-bond acceptors (Lipinski definition) is 1. The highest BCUT2D eigenvalue weighted by atomic mass is 16.1. The van der Waals surface area contributed by atoms with Gasteiger partial charge >= 0.3 is 0 Å². The van der Waals surface area contributed by atoms with Gasteiger partial charge in [-0.2, -0.15) is 0 Å². The molecule has 0 bridgehead atoms. The molecule has 0 aliphatic heterocycles. The van der Waals surface area contributed by atoms with Crippen LogP contribution in [0.25, 0.3) is 0 Å². The molecule has 1 rings (SSSR count). The third kappa shape index (κ3) is 1.31. The van der Waals surface area contributed by atoms with E-state index in [1.165, 1.54) is 0 Å². The highest BCUT2D eigenvalue weighted by Crippen LogP contribution is 2.08. The van der Waals surface area contributed by atoms with Crippen LogP contribution in [0.1, 0.15) is 38.1 Å². The van der Waals surface area contributed by atoms with Crippen molar-refractivity contribution in [2.45, 2.75) is 40.2 Å². The molecule has 1 aromatic heterocycles. The van der Waals surface area contributed by atoms with Gasteiger partial charge in [-0.05, 0) is 27.2 Å². The Bertz CT molecular complexity index is 320. The summed E-state index contributed by atoms with van der Waals surface area (Å²) >= 11 is 0. The number of hydrogen-bond donors (Lipinski definition) is 1. The highest BCUT2D eigenvalue weighted by Gasteiger charge is 2.09. The second-order valence-electron chi connectivity index (χ2n) is 3.32. The van der Waals surface area contributed by atoms with Crippen molar-refractivity contribution in [1.29, 1.82) is 0 Å². The Morgan fingerprint density at radius 1 is 1.50 bits per heavy atom. The van der Waals surface area contributed by atoms with E-state index in [4.69, 9.17) is 0 Å². The van der Waals surface area contributed by atoms with E-state index in [1.54, 1.807) is 0 Å². The van der Waals surface area contributed by atoms with Crippen LogP contribution in [0, 0.1) is 6.92 Å². The summed E-state index contributed by atoms with van der Waals surface area (Å²) in [5.74, 6) is 0. The van der Waals surface area contributed by atoms with E-state index in [-0.39, 0.29) is 5.56 Å². The molecule has 0 saturated heterocycles. The fraction of sp³-hybridized carbons (Fsp3) is 0.667. The lowest BCUT2D eigenvalue weighted by molar-refractivity contribution is 0.515. The van der Waals surface area contributed by atoms with Crippen molar-refractivity contribution in [3.05, 3.63) is 21.6 Å². The van der Waals surface area contributed by atoms with Gasteiger partial charge < -0.3 is 0 Å². The first-order chi connectivity index (χ1) is 5.57. The van der Waals surface area contributed by atoms with Gasteiger partial charge in [0.15, 0.2) is 0 Å². The van der Waals surface area contributed by atoms with E-state index < -0.39 is 0 Å². The van der Waals surface area contributed by atoms with Gasteiger partial charge in [0.1, 0.15) is 0 Å². The van der Waals surface area contributed by atoms with E-state index in [9.17, 15) is 4.79 Å². The zero-order valence-electron chi connectivity index (χ0n) is 8.14. The van der Waals surface area contributed by atoms with Crippen molar-refractivity contribution >= 4 is 0 Å². The topological polar surface area (TPSA) is 37.8 Å². The molecule has 0 unspecified atom stereocenters. The van der Waals surface area contributed by atoms with E-state index in [0.29, 0.717) is 6.04 Å². The van der Waals surface area contributed by atoms with Crippen LogP contribution in [0.2, 0.25) is 0 Å². The molecule has 12 heavy (non-hydrogen) atoms. The van der Waals surface area contributed by atoms with Crippen molar-refractivity contribution in [1.82, 2.24) is 9.78 Å². The molecule has 1 N–H and O–H groups in total. The second-order valence-corrected chi connectivity index (χ2v) is 3.32. The first-order valence-corrected chi connectivity index (χ1v) is 4.37. The molecule has 1 heterocycles. The average Bonchev–Trinajstić information content (AvgIpc) is 2.27. The Kier molecular flexibility index (Phi) is 2.40. The third-order valence-electron chi connectivity index (χ3n) is 2.16. The summed E-state index contributed by atoms with van der Waals surface area (Å²) in [5, 5.41) is 2.82. The van der Waals surface area contributed by atoms with Crippen LogP contribution < -0.4 is 5.56 Å². The summed E-state index contributed by atoms with van der Waals surface area (Å²) in [4.78, 5) is 11.3. The molecule has 3 heteroatoms. The summed E-state index contributed by atoms with van der Waals surface area (Å²) in [7, 11) is 0. The van der Waals surface area contributed by atoms with E-state index >= 15 is 0 Å². The molecule has 0 aliphatic rings. The van der Waals surface area contributed by atoms with Gasteiger partial charge in [-0.15, -0.1) is 0 Å². The molecular formula is C9H16N2O. The molecule has 3 nitrogen and oxygen atoms in total. The maximum atomic E-state index is 11.3. The lowest BCUT2D eigenvalue weighted by Crippen LogP contribution is -2.09. The molecule has 0 amide bonds. The van der Waals surface area contributed by atoms with Gasteiger partial charge in [0, 0.05) is 17.3 Å². The summed E-state index contributed by atoms with van der Waals surface area (Å²) in [5.41, 5.74) is 2.03. The number of nitrogens with zero attached hydrogens (tertiary/aromatic N) is 1. The van der Waals surface area contributed by atoms with Gasteiger partial charge in [-0.3, -0.25) is 14.6 Å². The van der Waals surface area contributed by atoms with Crippen LogP contribution in [-0.2, 0) is 6.42 Å². The molecule has 0 radical (unpaired) electrons. The molecular weight excluding hydrogens is 152 g/mol. The summed E-state index contributed by atoms with van der Waals surface area (Å²) in [6.45, 7) is 8.10. The number of H-pyrrole nitrogens is 1. The Morgan fingerprint density at radius 2 is 2.08 bits per heavy atom. The van der Waals surface area contributed by atoms with Crippen molar-refractivity contribution in [2.75, 3.05) is 0 Å². The number of aromatic amines is 1. The van der Waals surface area contributed by atoms with Gasteiger partial charge in [0.2, 0.25) is 0 Å². The normalized spacial score (nSPS) is 11.1. The number of aromatic nitrogens is 2. The minimum absolute atomic E-state index is 0.0590. The predicted molar refractivity (Wildman–Crippen MR) is 49.6 cm³/mol. The molecule has 0 fully saturated rings. The smallest absolute Gasteiger partial charge is 0.267 e. The lowest BCUT2D eigenvalue weighted by atomic mass is 10.2. The van der Waals surface area contributed by atoms with Crippen LogP contribution in [0.5, 0.6) is 0 Å². The fourth-order valence-electron chi connectivity index (χ4n) is 1.50. The standard InChI is InChI=1S/C9H16N2O/c1-5-8-7(4)11(6(2)3)10-9(8)12/h6H,5H2,1-4H3,(H,10,12). The maximum absolute atomic E-state index is 11.3. The van der Waals surface area contributed by atoms with Gasteiger partial charge in [0.05, 0.1) is 0 Å². The molecule has 68 valence electrons. The molecule has 0 atom stereocenters. The summed E-state index contributed by atoms with van der Waals surface area (Å²) < 4.78 is 1.92. The number of nitrogens with one attached hydrogen (secondary N) is 1. The van der Waals surface area contributed by atoms with Crippen LogP contribution in [0.3, 0.4) is 0 Å². The van der Waals surface area contributed by atoms with Crippen molar-refractivity contribution < 1.29 is 0 Å². The van der Waals surface area contributed by atoms with Crippen LogP contribution in [-0.4, -0.2) is 9.78 Å². The quantitative estimate of drug-likeness (QED) is 0.716. The van der Waals surface area contributed by atoms with Crippen LogP contribution in [0.15, 0.2) is 4.79 Å². The molecule has 0 aliphatic carbocycles. The Hall–Kier alpha value is -0.990. The third-order valence-corrected chi connectivity index (χ3v) is 2.16. The Balaban J connectivity index is 3.27. The first-order valence-electron chi connectivity index (χ1n) is 4.37. The molecule has 0 spiro atoms. The van der Waals surface area contributed by atoms with Gasteiger partial charge in [-0.1, -0.05) is 6.92 Å². The van der Waals surface area contributed by atoms with E-state index in [1.807, 2.05) is 18.5 Å². The van der Waals surface area contributed by atoms with E-state index in [2.05, 4.69) is 18.9 Å². The molecule has 0 aromatic carbocycles. The monoisotopic (exact) mass is 168 g/mol. The van der Waals surface area contributed by atoms with Crippen LogP contribution in [0.4, 0.5) is 0 Å². The predicted octanol–water partition coefficient (Wildman–Crippen LogP) is 1.63. The van der Waals surface area contributed by atoms with Crippen molar-refractivity contribution in [3.8, 4) is 0 Å². The zero-order chi connectivity index (χ0) is 9.30. The SMILES string of the molecule is CCc1c(C)n(C(C)C)[nH]c1=O. The van der Waals surface area contributed by atoms with Crippen molar-refractivity contribution in [2.24, 2.45) is 0 Å². The van der Waals surface area contributed by atoms with Gasteiger partial charge in [0.25, 0.3) is 5.56 Å². The molecule has 0 saturated carbocycles. The minimum Gasteiger partial charge on any atom is -0.287 e. The largest absolute Gasteiger partial charge is 0.287 e. The van der Waals surface area contributed by atoms with Crippen LogP contribution >= 0.6 is 0 Å². The number of rotatable bonds is 2. The molecule has 1 aromatic rings. The minimum atomic E-state index is 0.0590. The second kappa shape index (κ2) is 3.17. The first kappa shape index (κ1) is 9.10. The zero-order valence-corrected chi connectivity index (χ0v) is 8.14. The fourth-order valence-corrected chi connectivity index (χ4v) is 1.50. The maximum Gasteiger partial charge on any atom is 0.267 e. The van der Waals surface area contributed by atoms with Crippen molar-refractivity contribution in [3.63, 3.8) is 0 Å². The highest BCUT2D eigenvalue weighted by molar-refractivity contribution is 5.16. The lowest BCUT2D eigenvalue weighted by Gasteiger charge is -2.08. The Labute approximate surface area is 72.4 Å². The average molecular weight is 168 g/mol. The van der Waals surface area contributed by atoms with E-state index in [0.717, 1.165) is 17.7 Å². The summed E-state index contributed by atoms with van der Waals surface area (Å²) in [6, 6.07) is 0.331. The Morgan fingerprint density at radius 3 is 2.33 bits per heavy atom. The van der Waals surface area contributed by atoms with Gasteiger partial charge in [-0.25, -0.2) is 0 Å².